The van der Waals surface area contributed by atoms with Crippen molar-refractivity contribution in [2.45, 2.75) is 19.9 Å². The summed E-state index contributed by atoms with van der Waals surface area (Å²) < 4.78 is 24.6. The van der Waals surface area contributed by atoms with Crippen molar-refractivity contribution < 1.29 is 8.42 Å². The fourth-order valence-corrected chi connectivity index (χ4v) is 3.18. The van der Waals surface area contributed by atoms with Crippen LogP contribution in [0, 0.1) is 0 Å². The molecule has 0 aliphatic heterocycles. The highest BCUT2D eigenvalue weighted by atomic mass is 32.2. The van der Waals surface area contributed by atoms with Gasteiger partial charge in [-0.05, 0) is 35.7 Å². The van der Waals surface area contributed by atoms with E-state index in [0.29, 0.717) is 13.1 Å². The maximum absolute atomic E-state index is 11.6. The second-order valence-corrected chi connectivity index (χ2v) is 7.70. The Kier molecular flexibility index (Phi) is 7.69. The summed E-state index contributed by atoms with van der Waals surface area (Å²) in [5.41, 5.74) is 1.22. The van der Waals surface area contributed by atoms with Crippen LogP contribution in [0.1, 0.15) is 18.9 Å². The largest absolute Gasteiger partial charge is 0.356 e. The van der Waals surface area contributed by atoms with Crippen molar-refractivity contribution in [1.82, 2.24) is 14.9 Å². The summed E-state index contributed by atoms with van der Waals surface area (Å²) in [6.07, 6.45) is 0.731. The fraction of sp³-hybridized carbons (Fsp3) is 0.615. The molecule has 0 aliphatic rings. The van der Waals surface area contributed by atoms with E-state index in [0.717, 1.165) is 18.9 Å². The molecular weight excluding hydrogens is 308 g/mol. The first-order chi connectivity index (χ1) is 9.99. The molecule has 1 aromatic heterocycles. The van der Waals surface area contributed by atoms with Crippen molar-refractivity contribution >= 4 is 27.3 Å². The van der Waals surface area contributed by atoms with E-state index in [-0.39, 0.29) is 5.75 Å². The van der Waals surface area contributed by atoms with E-state index in [1.165, 1.54) is 9.87 Å². The SMILES string of the molecule is CCS(=O)(=O)N(C)CCCNC(=NC)NCc1ccsc1. The van der Waals surface area contributed by atoms with Crippen LogP contribution in [0.4, 0.5) is 0 Å². The van der Waals surface area contributed by atoms with Gasteiger partial charge in [0.2, 0.25) is 10.0 Å². The summed E-state index contributed by atoms with van der Waals surface area (Å²) in [7, 11) is 0.249. The molecule has 1 aromatic rings. The fourth-order valence-electron chi connectivity index (χ4n) is 1.67. The van der Waals surface area contributed by atoms with Crippen LogP contribution in [-0.4, -0.2) is 51.6 Å². The molecule has 8 heteroatoms. The predicted octanol–water partition coefficient (Wildman–Crippen LogP) is 1.08. The maximum atomic E-state index is 11.6. The first-order valence-electron chi connectivity index (χ1n) is 6.89. The van der Waals surface area contributed by atoms with E-state index in [2.05, 4.69) is 27.1 Å². The summed E-state index contributed by atoms with van der Waals surface area (Å²) >= 11 is 1.67. The topological polar surface area (TPSA) is 73.8 Å². The molecular formula is C13H24N4O2S2. The Morgan fingerprint density at radius 1 is 1.43 bits per heavy atom. The zero-order chi connectivity index (χ0) is 15.7. The maximum Gasteiger partial charge on any atom is 0.213 e. The second kappa shape index (κ2) is 9.01. The molecule has 0 aromatic carbocycles. The van der Waals surface area contributed by atoms with Crippen LogP contribution in [-0.2, 0) is 16.6 Å². The molecule has 0 spiro atoms. The van der Waals surface area contributed by atoms with Gasteiger partial charge < -0.3 is 10.6 Å². The zero-order valence-corrected chi connectivity index (χ0v) is 14.4. The number of sulfonamides is 1. The monoisotopic (exact) mass is 332 g/mol. The van der Waals surface area contributed by atoms with E-state index >= 15 is 0 Å². The van der Waals surface area contributed by atoms with Crippen molar-refractivity contribution in [3.8, 4) is 0 Å². The highest BCUT2D eigenvalue weighted by Gasteiger charge is 2.13. The molecule has 1 heterocycles. The molecule has 0 saturated carbocycles. The molecule has 0 atom stereocenters. The minimum atomic E-state index is -3.08. The highest BCUT2D eigenvalue weighted by Crippen LogP contribution is 2.04. The van der Waals surface area contributed by atoms with E-state index in [9.17, 15) is 8.42 Å². The minimum Gasteiger partial charge on any atom is -0.356 e. The van der Waals surface area contributed by atoms with Crippen molar-refractivity contribution in [1.29, 1.82) is 0 Å². The number of nitrogens with one attached hydrogen (secondary N) is 2. The summed E-state index contributed by atoms with van der Waals surface area (Å²) in [4.78, 5) is 4.14. The third-order valence-electron chi connectivity index (χ3n) is 3.05. The Balaban J connectivity index is 2.24. The standard InChI is InChI=1S/C13H24N4O2S2/c1-4-21(18,19)17(3)8-5-7-15-13(14-2)16-10-12-6-9-20-11-12/h6,9,11H,4-5,7-8,10H2,1-3H3,(H2,14,15,16). The number of thiophene rings is 1. The van der Waals surface area contributed by atoms with E-state index in [4.69, 9.17) is 0 Å². The third-order valence-corrected chi connectivity index (χ3v) is 5.64. The van der Waals surface area contributed by atoms with Gasteiger partial charge in [0.15, 0.2) is 5.96 Å². The van der Waals surface area contributed by atoms with Crippen molar-refractivity contribution in [2.24, 2.45) is 4.99 Å². The van der Waals surface area contributed by atoms with Gasteiger partial charge in [-0.1, -0.05) is 0 Å². The molecule has 0 aliphatic carbocycles. The zero-order valence-electron chi connectivity index (χ0n) is 12.8. The van der Waals surface area contributed by atoms with Gasteiger partial charge in [-0.2, -0.15) is 11.3 Å². The Morgan fingerprint density at radius 2 is 2.19 bits per heavy atom. The molecule has 1 rings (SSSR count). The van der Waals surface area contributed by atoms with Crippen LogP contribution >= 0.6 is 11.3 Å². The average Bonchev–Trinajstić information content (AvgIpc) is 2.99. The van der Waals surface area contributed by atoms with Gasteiger partial charge in [0.25, 0.3) is 0 Å². The van der Waals surface area contributed by atoms with Crippen molar-refractivity contribution in [3.63, 3.8) is 0 Å². The lowest BCUT2D eigenvalue weighted by atomic mass is 10.3. The molecule has 2 N–H and O–H groups in total. The highest BCUT2D eigenvalue weighted by molar-refractivity contribution is 7.89. The van der Waals surface area contributed by atoms with Crippen molar-refractivity contribution in [2.75, 3.05) is 32.9 Å². The molecule has 0 fully saturated rings. The van der Waals surface area contributed by atoms with Gasteiger partial charge in [0, 0.05) is 33.7 Å². The van der Waals surface area contributed by atoms with Gasteiger partial charge in [-0.15, -0.1) is 0 Å². The molecule has 0 radical (unpaired) electrons. The average molecular weight is 332 g/mol. The number of nitrogens with zero attached hydrogens (tertiary/aromatic N) is 2. The van der Waals surface area contributed by atoms with Crippen molar-refractivity contribution in [3.05, 3.63) is 22.4 Å². The normalized spacial score (nSPS) is 12.7. The van der Waals surface area contributed by atoms with Crippen LogP contribution in [0.3, 0.4) is 0 Å². The van der Waals surface area contributed by atoms with Gasteiger partial charge in [0.05, 0.1) is 5.75 Å². The van der Waals surface area contributed by atoms with Crippen LogP contribution in [0.25, 0.3) is 0 Å². The Hall–Kier alpha value is -1.12. The van der Waals surface area contributed by atoms with E-state index in [1.807, 2.05) is 5.38 Å². The molecule has 0 amide bonds. The molecule has 0 saturated heterocycles. The van der Waals surface area contributed by atoms with E-state index in [1.54, 1.807) is 32.4 Å². The summed E-state index contributed by atoms with van der Waals surface area (Å²) in [5, 5.41) is 10.5. The summed E-state index contributed by atoms with van der Waals surface area (Å²) in [6.45, 7) is 3.56. The number of aliphatic imine (C=N–C) groups is 1. The van der Waals surface area contributed by atoms with Gasteiger partial charge in [-0.25, -0.2) is 12.7 Å². The number of guanidine groups is 1. The van der Waals surface area contributed by atoms with Gasteiger partial charge >= 0.3 is 0 Å². The van der Waals surface area contributed by atoms with Crippen LogP contribution < -0.4 is 10.6 Å². The minimum absolute atomic E-state index is 0.140. The smallest absolute Gasteiger partial charge is 0.213 e. The van der Waals surface area contributed by atoms with Crippen LogP contribution in [0.2, 0.25) is 0 Å². The summed E-state index contributed by atoms with van der Waals surface area (Å²) in [6, 6.07) is 2.06. The first kappa shape index (κ1) is 17.9. The lowest BCUT2D eigenvalue weighted by Gasteiger charge is -2.16. The lowest BCUT2D eigenvalue weighted by Crippen LogP contribution is -2.38. The lowest BCUT2D eigenvalue weighted by molar-refractivity contribution is 0.461. The Bertz CT molecular complexity index is 526. The molecule has 0 bridgehead atoms. The van der Waals surface area contributed by atoms with Gasteiger partial charge in [-0.3, -0.25) is 4.99 Å². The Labute approximate surface area is 131 Å². The van der Waals surface area contributed by atoms with Crippen LogP contribution in [0.15, 0.2) is 21.8 Å². The first-order valence-corrected chi connectivity index (χ1v) is 9.44. The second-order valence-electron chi connectivity index (χ2n) is 4.56. The molecule has 6 nitrogen and oxygen atoms in total. The van der Waals surface area contributed by atoms with Crippen LogP contribution in [0.5, 0.6) is 0 Å². The number of rotatable bonds is 8. The predicted molar refractivity (Wildman–Crippen MR) is 89.2 cm³/mol. The molecule has 21 heavy (non-hydrogen) atoms. The third kappa shape index (κ3) is 6.45. The van der Waals surface area contributed by atoms with E-state index < -0.39 is 10.0 Å². The number of hydrogen-bond donors (Lipinski definition) is 2. The van der Waals surface area contributed by atoms with Gasteiger partial charge in [0.1, 0.15) is 0 Å². The quantitative estimate of drug-likeness (QED) is 0.424. The molecule has 0 unspecified atom stereocenters. The molecule has 120 valence electrons. The summed E-state index contributed by atoms with van der Waals surface area (Å²) in [5.74, 6) is 0.864. The Morgan fingerprint density at radius 3 is 2.76 bits per heavy atom. The number of hydrogen-bond acceptors (Lipinski definition) is 4.